The van der Waals surface area contributed by atoms with Crippen LogP contribution in [-0.4, -0.2) is 16.5 Å². The van der Waals surface area contributed by atoms with Gasteiger partial charge >= 0.3 is 0 Å². The van der Waals surface area contributed by atoms with E-state index in [2.05, 4.69) is 33.1 Å². The number of rotatable bonds is 2. The Morgan fingerprint density at radius 2 is 2.24 bits per heavy atom. The van der Waals surface area contributed by atoms with E-state index in [0.29, 0.717) is 12.2 Å². The molecule has 0 atom stereocenters. The van der Waals surface area contributed by atoms with Crippen molar-refractivity contribution < 1.29 is 4.39 Å². The molecule has 0 aliphatic carbocycles. The zero-order valence-electron chi connectivity index (χ0n) is 9.49. The van der Waals surface area contributed by atoms with E-state index in [0.717, 1.165) is 19.4 Å². The van der Waals surface area contributed by atoms with Crippen molar-refractivity contribution >= 4 is 5.69 Å². The number of imidazole rings is 1. The molecule has 3 nitrogen and oxygen atoms in total. The average Bonchev–Trinajstić information content (AvgIpc) is 2.76. The smallest absolute Gasteiger partial charge is 0.235 e. The minimum absolute atomic E-state index is 0.395. The number of fused-ring (bicyclic) bond motifs is 1. The summed E-state index contributed by atoms with van der Waals surface area (Å²) in [4.78, 5) is 8.65. The summed E-state index contributed by atoms with van der Waals surface area (Å²) in [6.45, 7) is 1.53. The Labute approximate surface area is 99.3 Å². The fourth-order valence-electron chi connectivity index (χ4n) is 2.38. The minimum atomic E-state index is -0.395. The second kappa shape index (κ2) is 4.20. The third-order valence-electron chi connectivity index (χ3n) is 3.22. The molecule has 88 valence electrons. The first-order valence-corrected chi connectivity index (χ1v) is 5.85. The maximum Gasteiger partial charge on any atom is 0.235 e. The Morgan fingerprint density at radius 1 is 1.35 bits per heavy atom. The predicted octanol–water partition coefficient (Wildman–Crippen LogP) is 2.50. The third-order valence-corrected chi connectivity index (χ3v) is 3.22. The Kier molecular flexibility index (Phi) is 2.55. The van der Waals surface area contributed by atoms with Crippen LogP contribution in [-0.2, 0) is 13.0 Å². The maximum atomic E-state index is 13.3. The van der Waals surface area contributed by atoms with Crippen LogP contribution in [0.25, 0.3) is 0 Å². The van der Waals surface area contributed by atoms with Gasteiger partial charge in [-0.25, -0.2) is 4.98 Å². The number of hydrogen-bond acceptors (Lipinski definition) is 2. The van der Waals surface area contributed by atoms with Crippen molar-refractivity contribution in [3.05, 3.63) is 47.8 Å². The molecule has 0 fully saturated rings. The lowest BCUT2D eigenvalue weighted by atomic mass is 10.0. The first kappa shape index (κ1) is 10.3. The van der Waals surface area contributed by atoms with Gasteiger partial charge in [0.25, 0.3) is 0 Å². The van der Waals surface area contributed by atoms with Crippen LogP contribution in [0.4, 0.5) is 10.1 Å². The zero-order valence-corrected chi connectivity index (χ0v) is 9.49. The number of para-hydroxylation sites is 1. The molecule has 1 aliphatic rings. The highest BCUT2D eigenvalue weighted by Gasteiger charge is 2.18. The minimum Gasteiger partial charge on any atom is -0.365 e. The Hall–Kier alpha value is -1.84. The van der Waals surface area contributed by atoms with Gasteiger partial charge in [-0.3, -0.25) is 0 Å². The number of hydrogen-bond donors (Lipinski definition) is 1. The lowest BCUT2D eigenvalue weighted by Gasteiger charge is -2.30. The van der Waals surface area contributed by atoms with Crippen LogP contribution >= 0.6 is 0 Å². The van der Waals surface area contributed by atoms with E-state index in [4.69, 9.17) is 0 Å². The summed E-state index contributed by atoms with van der Waals surface area (Å²) in [5.74, 6) is -0.395. The van der Waals surface area contributed by atoms with E-state index in [9.17, 15) is 4.39 Å². The monoisotopic (exact) mass is 231 g/mol. The number of aromatic amines is 1. The van der Waals surface area contributed by atoms with Crippen molar-refractivity contribution in [3.63, 3.8) is 0 Å². The van der Waals surface area contributed by atoms with E-state index in [-0.39, 0.29) is 0 Å². The summed E-state index contributed by atoms with van der Waals surface area (Å²) in [6.07, 6.45) is 3.63. The summed E-state index contributed by atoms with van der Waals surface area (Å²) in [6, 6.07) is 8.33. The van der Waals surface area contributed by atoms with Gasteiger partial charge in [0.05, 0.1) is 18.6 Å². The second-order valence-electron chi connectivity index (χ2n) is 4.33. The van der Waals surface area contributed by atoms with E-state index < -0.39 is 5.95 Å². The number of H-pyrrole nitrogens is 1. The van der Waals surface area contributed by atoms with Crippen molar-refractivity contribution in [2.24, 2.45) is 0 Å². The molecule has 0 saturated heterocycles. The molecule has 1 aromatic carbocycles. The van der Waals surface area contributed by atoms with Gasteiger partial charge in [-0.05, 0) is 24.5 Å². The maximum absolute atomic E-state index is 13.3. The van der Waals surface area contributed by atoms with E-state index in [1.807, 2.05) is 6.07 Å². The normalized spacial score (nSPS) is 14.8. The molecule has 0 saturated carbocycles. The van der Waals surface area contributed by atoms with Gasteiger partial charge in [0.1, 0.15) is 0 Å². The van der Waals surface area contributed by atoms with Gasteiger partial charge in [0, 0.05) is 12.2 Å². The van der Waals surface area contributed by atoms with Crippen LogP contribution in [0, 0.1) is 5.95 Å². The topological polar surface area (TPSA) is 31.9 Å². The molecule has 0 radical (unpaired) electrons. The number of nitrogens with one attached hydrogen (secondary N) is 1. The number of benzene rings is 1. The highest BCUT2D eigenvalue weighted by molar-refractivity contribution is 5.55. The highest BCUT2D eigenvalue weighted by Crippen LogP contribution is 2.27. The Morgan fingerprint density at radius 3 is 3.06 bits per heavy atom. The van der Waals surface area contributed by atoms with Gasteiger partial charge < -0.3 is 9.88 Å². The van der Waals surface area contributed by atoms with E-state index >= 15 is 0 Å². The second-order valence-corrected chi connectivity index (χ2v) is 4.33. The van der Waals surface area contributed by atoms with E-state index in [1.165, 1.54) is 17.6 Å². The number of anilines is 1. The number of aryl methyl sites for hydroxylation is 1. The van der Waals surface area contributed by atoms with Gasteiger partial charge in [0.15, 0.2) is 0 Å². The van der Waals surface area contributed by atoms with Crippen LogP contribution in [0.1, 0.15) is 17.7 Å². The van der Waals surface area contributed by atoms with Gasteiger partial charge in [-0.1, -0.05) is 18.2 Å². The van der Waals surface area contributed by atoms with Crippen LogP contribution in [0.2, 0.25) is 0 Å². The highest BCUT2D eigenvalue weighted by atomic mass is 19.1. The van der Waals surface area contributed by atoms with Crippen molar-refractivity contribution in [2.45, 2.75) is 19.4 Å². The van der Waals surface area contributed by atoms with Crippen LogP contribution in [0.15, 0.2) is 30.6 Å². The van der Waals surface area contributed by atoms with Crippen LogP contribution in [0.5, 0.6) is 0 Å². The van der Waals surface area contributed by atoms with Crippen molar-refractivity contribution in [1.29, 1.82) is 0 Å². The zero-order chi connectivity index (χ0) is 11.7. The molecule has 0 amide bonds. The molecule has 17 heavy (non-hydrogen) atoms. The summed E-state index contributed by atoms with van der Waals surface area (Å²) < 4.78 is 13.3. The van der Waals surface area contributed by atoms with Gasteiger partial charge in [-0.2, -0.15) is 4.39 Å². The molecule has 2 heterocycles. The number of nitrogens with zero attached hydrogens (tertiary/aromatic N) is 2. The van der Waals surface area contributed by atoms with Crippen LogP contribution < -0.4 is 4.90 Å². The molecule has 0 bridgehead atoms. The molecule has 2 aromatic rings. The van der Waals surface area contributed by atoms with Crippen molar-refractivity contribution in [1.82, 2.24) is 9.97 Å². The molecule has 1 aromatic heterocycles. The quantitative estimate of drug-likeness (QED) is 0.861. The summed E-state index contributed by atoms with van der Waals surface area (Å²) in [7, 11) is 0. The molecule has 4 heteroatoms. The molecule has 0 unspecified atom stereocenters. The predicted molar refractivity (Wildman–Crippen MR) is 64.4 cm³/mol. The number of aromatic nitrogens is 2. The first-order chi connectivity index (χ1) is 8.34. The van der Waals surface area contributed by atoms with Crippen LogP contribution in [0.3, 0.4) is 0 Å². The standard InChI is InChI=1S/C13H14FN3/c14-13-11(15-9-16-13)8-17-7-3-5-10-4-1-2-6-12(10)17/h1-2,4,6,9H,3,5,7-8H2,(H,15,16). The fourth-order valence-corrected chi connectivity index (χ4v) is 2.38. The number of halogens is 1. The third kappa shape index (κ3) is 1.90. The largest absolute Gasteiger partial charge is 0.365 e. The average molecular weight is 231 g/mol. The molecular formula is C13H14FN3. The fraction of sp³-hybridized carbons (Fsp3) is 0.308. The molecular weight excluding hydrogens is 217 g/mol. The van der Waals surface area contributed by atoms with E-state index in [1.54, 1.807) is 0 Å². The first-order valence-electron chi connectivity index (χ1n) is 5.85. The Bertz CT molecular complexity index is 521. The Balaban J connectivity index is 1.88. The summed E-state index contributed by atoms with van der Waals surface area (Å²) >= 11 is 0. The molecule has 0 spiro atoms. The summed E-state index contributed by atoms with van der Waals surface area (Å²) in [5, 5.41) is 0. The SMILES string of the molecule is Fc1nc[nH]c1CN1CCCc2ccccc21. The van der Waals surface area contributed by atoms with Crippen molar-refractivity contribution in [3.8, 4) is 0 Å². The van der Waals surface area contributed by atoms with Gasteiger partial charge in [0.2, 0.25) is 5.95 Å². The van der Waals surface area contributed by atoms with Crippen molar-refractivity contribution in [2.75, 3.05) is 11.4 Å². The molecule has 3 rings (SSSR count). The molecule has 1 aliphatic heterocycles. The molecule has 1 N–H and O–H groups in total. The summed E-state index contributed by atoms with van der Waals surface area (Å²) in [5.41, 5.74) is 3.12. The van der Waals surface area contributed by atoms with Gasteiger partial charge in [-0.15, -0.1) is 0 Å². The lowest BCUT2D eigenvalue weighted by molar-refractivity contribution is 0.565. The lowest BCUT2D eigenvalue weighted by Crippen LogP contribution is -2.29.